The molecular formula is C8H13O5P. The van der Waals surface area contributed by atoms with Crippen molar-refractivity contribution in [2.45, 2.75) is 24.9 Å². The molecule has 1 aliphatic carbocycles. The fraction of sp³-hybridized carbons (Fsp3) is 0.875. The smallest absolute Gasteiger partial charge is 0.348 e. The first-order valence-electron chi connectivity index (χ1n) is 4.71. The molecule has 2 rings (SSSR count). The first-order valence-corrected chi connectivity index (χ1v) is 6.25. The minimum Gasteiger partial charge on any atom is -0.462 e. The van der Waals surface area contributed by atoms with E-state index in [9.17, 15) is 9.36 Å². The number of rotatable bonds is 2. The highest BCUT2D eigenvalue weighted by Gasteiger charge is 2.67. The monoisotopic (exact) mass is 220 g/mol. The lowest BCUT2D eigenvalue weighted by atomic mass is 10.4. The molecule has 0 aromatic rings. The molecule has 1 atom stereocenters. The molecule has 0 radical (unpaired) electrons. The Morgan fingerprint density at radius 2 is 2.21 bits per heavy atom. The summed E-state index contributed by atoms with van der Waals surface area (Å²) in [6.07, 6.45) is 1.09. The van der Waals surface area contributed by atoms with Crippen LogP contribution in [0.1, 0.15) is 19.8 Å². The predicted molar refractivity (Wildman–Crippen MR) is 48.1 cm³/mol. The van der Waals surface area contributed by atoms with Gasteiger partial charge in [0.15, 0.2) is 5.16 Å². The van der Waals surface area contributed by atoms with Crippen LogP contribution in [-0.2, 0) is 23.1 Å². The molecule has 1 saturated heterocycles. The minimum absolute atomic E-state index is 0.158. The molecule has 1 heterocycles. The second-order valence-corrected chi connectivity index (χ2v) is 5.78. The zero-order chi connectivity index (χ0) is 10.2. The number of carbonyl (C=O) groups excluding carboxylic acids is 1. The van der Waals surface area contributed by atoms with Crippen LogP contribution in [-0.4, -0.2) is 30.9 Å². The van der Waals surface area contributed by atoms with Crippen LogP contribution in [0.15, 0.2) is 0 Å². The fourth-order valence-corrected chi connectivity index (χ4v) is 3.76. The molecule has 1 aliphatic heterocycles. The first kappa shape index (κ1) is 10.1. The average molecular weight is 220 g/mol. The van der Waals surface area contributed by atoms with Crippen LogP contribution < -0.4 is 0 Å². The second-order valence-electron chi connectivity index (χ2n) is 3.42. The number of hydrogen-bond donors (Lipinski definition) is 0. The standard InChI is InChI=1S/C8H13O5P/c1-2-12-14(10)8(3-4-8)7(9)11-5-6-13-14/h2-6H2,1H3. The Morgan fingerprint density at radius 3 is 2.79 bits per heavy atom. The number of carbonyl (C=O) groups is 1. The Labute approximate surface area is 82.2 Å². The third kappa shape index (κ3) is 1.31. The number of cyclic esters (lactones) is 1. The normalized spacial score (nSPS) is 35.1. The molecule has 14 heavy (non-hydrogen) atoms. The van der Waals surface area contributed by atoms with Crippen LogP contribution in [0, 0.1) is 0 Å². The molecule has 2 fully saturated rings. The van der Waals surface area contributed by atoms with Crippen LogP contribution in [0.5, 0.6) is 0 Å². The molecule has 6 heteroatoms. The van der Waals surface area contributed by atoms with Gasteiger partial charge in [-0.25, -0.2) is 0 Å². The van der Waals surface area contributed by atoms with Crippen molar-refractivity contribution >= 4 is 13.6 Å². The minimum atomic E-state index is -3.28. The summed E-state index contributed by atoms with van der Waals surface area (Å²) in [6.45, 7) is 2.34. The summed E-state index contributed by atoms with van der Waals surface area (Å²) in [5, 5.41) is -0.973. The van der Waals surface area contributed by atoms with Crippen LogP contribution in [0.4, 0.5) is 0 Å². The van der Waals surface area contributed by atoms with Gasteiger partial charge < -0.3 is 13.8 Å². The lowest BCUT2D eigenvalue weighted by Crippen LogP contribution is -2.24. The highest BCUT2D eigenvalue weighted by molar-refractivity contribution is 7.57. The lowest BCUT2D eigenvalue weighted by Gasteiger charge is -2.20. The van der Waals surface area contributed by atoms with E-state index in [0.717, 1.165) is 0 Å². The van der Waals surface area contributed by atoms with Gasteiger partial charge in [-0.1, -0.05) is 0 Å². The quantitative estimate of drug-likeness (QED) is 0.518. The van der Waals surface area contributed by atoms with Crippen molar-refractivity contribution in [1.82, 2.24) is 0 Å². The zero-order valence-electron chi connectivity index (χ0n) is 8.02. The Kier molecular flexibility index (Phi) is 2.41. The molecule has 0 aromatic heterocycles. The largest absolute Gasteiger partial charge is 0.462 e. The van der Waals surface area contributed by atoms with Gasteiger partial charge in [0.05, 0.1) is 13.2 Å². The first-order chi connectivity index (χ1) is 6.65. The van der Waals surface area contributed by atoms with E-state index >= 15 is 0 Å². The summed E-state index contributed by atoms with van der Waals surface area (Å²) in [7, 11) is -3.28. The lowest BCUT2D eigenvalue weighted by molar-refractivity contribution is -0.143. The number of ether oxygens (including phenoxy) is 1. The van der Waals surface area contributed by atoms with Gasteiger partial charge in [-0.3, -0.25) is 9.36 Å². The van der Waals surface area contributed by atoms with Crippen molar-refractivity contribution in [3.05, 3.63) is 0 Å². The van der Waals surface area contributed by atoms with Gasteiger partial charge in [0.1, 0.15) is 6.61 Å². The van der Waals surface area contributed by atoms with Crippen LogP contribution in [0.2, 0.25) is 0 Å². The molecular weight excluding hydrogens is 207 g/mol. The molecule has 1 unspecified atom stereocenters. The molecule has 1 spiro atoms. The Morgan fingerprint density at radius 1 is 1.50 bits per heavy atom. The maximum atomic E-state index is 12.2. The van der Waals surface area contributed by atoms with Gasteiger partial charge in [-0.05, 0) is 19.8 Å². The van der Waals surface area contributed by atoms with E-state index in [0.29, 0.717) is 12.8 Å². The van der Waals surface area contributed by atoms with Crippen LogP contribution >= 0.6 is 7.60 Å². The SMILES string of the molecule is CCOP1(=O)OCCOC(=O)C12CC2. The van der Waals surface area contributed by atoms with Gasteiger partial charge in [-0.15, -0.1) is 0 Å². The van der Waals surface area contributed by atoms with E-state index in [2.05, 4.69) is 0 Å². The topological polar surface area (TPSA) is 61.8 Å². The summed E-state index contributed by atoms with van der Waals surface area (Å²) in [5.74, 6) is -0.424. The van der Waals surface area contributed by atoms with Crippen molar-refractivity contribution < 1.29 is 23.1 Å². The summed E-state index contributed by atoms with van der Waals surface area (Å²) in [5.41, 5.74) is 0. The van der Waals surface area contributed by atoms with Crippen LogP contribution in [0.3, 0.4) is 0 Å². The molecule has 0 bridgehead atoms. The summed E-state index contributed by atoms with van der Waals surface area (Å²) >= 11 is 0. The highest BCUT2D eigenvalue weighted by Crippen LogP contribution is 2.72. The molecule has 2 aliphatic rings. The van der Waals surface area contributed by atoms with Crippen molar-refractivity contribution in [1.29, 1.82) is 0 Å². The third-order valence-electron chi connectivity index (χ3n) is 2.50. The summed E-state index contributed by atoms with van der Waals surface area (Å²) in [4.78, 5) is 11.5. The van der Waals surface area contributed by atoms with Crippen molar-refractivity contribution in [2.24, 2.45) is 0 Å². The van der Waals surface area contributed by atoms with Gasteiger partial charge in [0.25, 0.3) is 0 Å². The van der Waals surface area contributed by atoms with E-state index in [-0.39, 0.29) is 19.8 Å². The summed E-state index contributed by atoms with van der Waals surface area (Å²) < 4.78 is 27.4. The highest BCUT2D eigenvalue weighted by atomic mass is 31.2. The van der Waals surface area contributed by atoms with Crippen molar-refractivity contribution in [3.63, 3.8) is 0 Å². The van der Waals surface area contributed by atoms with Crippen molar-refractivity contribution in [2.75, 3.05) is 19.8 Å². The van der Waals surface area contributed by atoms with Gasteiger partial charge in [-0.2, -0.15) is 0 Å². The molecule has 0 N–H and O–H groups in total. The van der Waals surface area contributed by atoms with Gasteiger partial charge in [0, 0.05) is 0 Å². The molecule has 0 amide bonds. The second kappa shape index (κ2) is 3.33. The maximum Gasteiger partial charge on any atom is 0.348 e. The molecule has 1 saturated carbocycles. The average Bonchev–Trinajstić information content (AvgIpc) is 2.93. The third-order valence-corrected chi connectivity index (χ3v) is 5.30. The fourth-order valence-electron chi connectivity index (χ4n) is 1.59. The van der Waals surface area contributed by atoms with E-state index in [4.69, 9.17) is 13.8 Å². The number of esters is 1. The van der Waals surface area contributed by atoms with Crippen LogP contribution in [0.25, 0.3) is 0 Å². The van der Waals surface area contributed by atoms with E-state index in [1.54, 1.807) is 6.92 Å². The maximum absolute atomic E-state index is 12.2. The Hall–Kier alpha value is -0.380. The zero-order valence-corrected chi connectivity index (χ0v) is 8.92. The summed E-state index contributed by atoms with van der Waals surface area (Å²) in [6, 6.07) is 0. The Bertz CT molecular complexity index is 296. The van der Waals surface area contributed by atoms with Gasteiger partial charge >= 0.3 is 13.6 Å². The molecule has 0 aromatic carbocycles. The molecule has 80 valence electrons. The molecule has 5 nitrogen and oxygen atoms in total. The van der Waals surface area contributed by atoms with E-state index in [1.807, 2.05) is 0 Å². The van der Waals surface area contributed by atoms with E-state index < -0.39 is 18.7 Å². The van der Waals surface area contributed by atoms with Gasteiger partial charge in [0.2, 0.25) is 0 Å². The predicted octanol–water partition coefficient (Wildman–Crippen LogP) is 1.32. The van der Waals surface area contributed by atoms with E-state index in [1.165, 1.54) is 0 Å². The van der Waals surface area contributed by atoms with Crippen molar-refractivity contribution in [3.8, 4) is 0 Å². The Balaban J connectivity index is 2.29. The number of hydrogen-bond acceptors (Lipinski definition) is 5.